The third-order valence-corrected chi connectivity index (χ3v) is 5.75. The molecule has 0 spiro atoms. The number of piperidine rings is 1. The highest BCUT2D eigenvalue weighted by Gasteiger charge is 2.39. The van der Waals surface area contributed by atoms with Crippen molar-refractivity contribution in [1.82, 2.24) is 15.5 Å². The third-order valence-electron chi connectivity index (χ3n) is 5.75. The SMILES string of the molecule is NCC1(NCc2ccc3c(c2)CN(C2CCC(=O)NC2=O)C3=O)CCOC1. The second-order valence-electron chi connectivity index (χ2n) is 7.53. The maximum Gasteiger partial charge on any atom is 0.255 e. The van der Waals surface area contributed by atoms with Crippen molar-refractivity contribution in [3.05, 3.63) is 34.9 Å². The molecule has 4 rings (SSSR count). The number of nitrogens with two attached hydrogens (primary N) is 1. The van der Waals surface area contributed by atoms with E-state index < -0.39 is 6.04 Å². The first-order valence-corrected chi connectivity index (χ1v) is 9.31. The zero-order valence-electron chi connectivity index (χ0n) is 15.1. The van der Waals surface area contributed by atoms with Gasteiger partial charge in [0.05, 0.1) is 12.1 Å². The van der Waals surface area contributed by atoms with Crippen LogP contribution in [0.25, 0.3) is 0 Å². The molecule has 2 fully saturated rings. The minimum atomic E-state index is -0.583. The van der Waals surface area contributed by atoms with Gasteiger partial charge >= 0.3 is 0 Å². The van der Waals surface area contributed by atoms with Gasteiger partial charge in [-0.3, -0.25) is 19.7 Å². The molecule has 2 atom stereocenters. The Morgan fingerprint density at radius 3 is 2.89 bits per heavy atom. The van der Waals surface area contributed by atoms with Crippen LogP contribution in [0.1, 0.15) is 40.7 Å². The first kappa shape index (κ1) is 18.1. The molecule has 0 bridgehead atoms. The third kappa shape index (κ3) is 3.36. The van der Waals surface area contributed by atoms with Crippen LogP contribution in [0.2, 0.25) is 0 Å². The highest BCUT2D eigenvalue weighted by atomic mass is 16.5. The second-order valence-corrected chi connectivity index (χ2v) is 7.53. The van der Waals surface area contributed by atoms with Crippen LogP contribution < -0.4 is 16.4 Å². The fraction of sp³-hybridized carbons (Fsp3) is 0.526. The van der Waals surface area contributed by atoms with Crippen molar-refractivity contribution in [3.8, 4) is 0 Å². The maximum atomic E-state index is 12.7. The van der Waals surface area contributed by atoms with E-state index in [0.29, 0.717) is 44.8 Å². The van der Waals surface area contributed by atoms with Crippen molar-refractivity contribution < 1.29 is 19.1 Å². The number of amides is 3. The molecule has 2 unspecified atom stereocenters. The van der Waals surface area contributed by atoms with Crippen molar-refractivity contribution in [2.75, 3.05) is 19.8 Å². The number of carbonyl (C=O) groups excluding carboxylic acids is 3. The van der Waals surface area contributed by atoms with Crippen LogP contribution in [-0.4, -0.2) is 54.0 Å². The molecule has 8 nitrogen and oxygen atoms in total. The van der Waals surface area contributed by atoms with Gasteiger partial charge in [0.15, 0.2) is 0 Å². The molecule has 0 aliphatic carbocycles. The number of carbonyl (C=O) groups is 3. The fourth-order valence-electron chi connectivity index (χ4n) is 4.01. The van der Waals surface area contributed by atoms with Gasteiger partial charge in [-0.05, 0) is 30.0 Å². The number of hydrogen-bond acceptors (Lipinski definition) is 6. The summed E-state index contributed by atoms with van der Waals surface area (Å²) in [5, 5.41) is 5.82. The number of imide groups is 1. The van der Waals surface area contributed by atoms with Gasteiger partial charge in [-0.2, -0.15) is 0 Å². The van der Waals surface area contributed by atoms with Crippen LogP contribution in [0, 0.1) is 0 Å². The van der Waals surface area contributed by atoms with Crippen LogP contribution in [0.15, 0.2) is 18.2 Å². The molecule has 4 N–H and O–H groups in total. The predicted octanol–water partition coefficient (Wildman–Crippen LogP) is -0.345. The fourth-order valence-corrected chi connectivity index (χ4v) is 4.01. The number of hydrogen-bond donors (Lipinski definition) is 3. The molecule has 3 heterocycles. The molecule has 0 aromatic heterocycles. The van der Waals surface area contributed by atoms with Gasteiger partial charge in [-0.25, -0.2) is 0 Å². The number of ether oxygens (including phenoxy) is 1. The average molecular weight is 372 g/mol. The lowest BCUT2D eigenvalue weighted by Gasteiger charge is -2.29. The Morgan fingerprint density at radius 1 is 1.33 bits per heavy atom. The minimum Gasteiger partial charge on any atom is -0.379 e. The largest absolute Gasteiger partial charge is 0.379 e. The zero-order chi connectivity index (χ0) is 19.0. The first-order valence-electron chi connectivity index (χ1n) is 9.31. The summed E-state index contributed by atoms with van der Waals surface area (Å²) in [6.45, 7) is 2.86. The monoisotopic (exact) mass is 372 g/mol. The Kier molecular flexibility index (Phi) is 4.71. The molecule has 1 aromatic carbocycles. The summed E-state index contributed by atoms with van der Waals surface area (Å²) in [5.41, 5.74) is 8.32. The summed E-state index contributed by atoms with van der Waals surface area (Å²) in [7, 11) is 0. The Hall–Kier alpha value is -2.29. The summed E-state index contributed by atoms with van der Waals surface area (Å²) in [5.74, 6) is -0.819. The maximum absolute atomic E-state index is 12.7. The van der Waals surface area contributed by atoms with E-state index in [1.807, 2.05) is 18.2 Å². The zero-order valence-corrected chi connectivity index (χ0v) is 15.1. The van der Waals surface area contributed by atoms with Crippen LogP contribution in [0.4, 0.5) is 0 Å². The Bertz CT molecular complexity index is 788. The summed E-state index contributed by atoms with van der Waals surface area (Å²) >= 11 is 0. The minimum absolute atomic E-state index is 0.151. The summed E-state index contributed by atoms with van der Waals surface area (Å²) in [6.07, 6.45) is 1.52. The van der Waals surface area contributed by atoms with Gasteiger partial charge in [-0.1, -0.05) is 12.1 Å². The van der Waals surface area contributed by atoms with Crippen molar-refractivity contribution >= 4 is 17.7 Å². The lowest BCUT2D eigenvalue weighted by molar-refractivity contribution is -0.136. The molecule has 8 heteroatoms. The van der Waals surface area contributed by atoms with Gasteiger partial charge in [0, 0.05) is 38.2 Å². The topological polar surface area (TPSA) is 114 Å². The van der Waals surface area contributed by atoms with Crippen molar-refractivity contribution in [2.24, 2.45) is 5.73 Å². The molecular formula is C19H24N4O4. The quantitative estimate of drug-likeness (QED) is 0.609. The lowest BCUT2D eigenvalue weighted by Crippen LogP contribution is -2.52. The predicted molar refractivity (Wildman–Crippen MR) is 96.5 cm³/mol. The van der Waals surface area contributed by atoms with E-state index in [4.69, 9.17) is 10.5 Å². The van der Waals surface area contributed by atoms with E-state index in [2.05, 4.69) is 10.6 Å². The summed E-state index contributed by atoms with van der Waals surface area (Å²) < 4.78 is 5.47. The number of benzene rings is 1. The van der Waals surface area contributed by atoms with Gasteiger partial charge < -0.3 is 20.7 Å². The molecule has 2 saturated heterocycles. The Labute approximate surface area is 157 Å². The molecule has 0 radical (unpaired) electrons. The normalized spacial score (nSPS) is 27.8. The molecule has 3 amide bonds. The average Bonchev–Trinajstić information content (AvgIpc) is 3.26. The smallest absolute Gasteiger partial charge is 0.255 e. The van der Waals surface area contributed by atoms with Crippen molar-refractivity contribution in [2.45, 2.75) is 43.9 Å². The van der Waals surface area contributed by atoms with E-state index in [9.17, 15) is 14.4 Å². The van der Waals surface area contributed by atoms with Crippen molar-refractivity contribution in [1.29, 1.82) is 0 Å². The van der Waals surface area contributed by atoms with Gasteiger partial charge in [-0.15, -0.1) is 0 Å². The Morgan fingerprint density at radius 2 is 2.19 bits per heavy atom. The molecule has 1 aromatic rings. The van der Waals surface area contributed by atoms with E-state index in [0.717, 1.165) is 17.5 Å². The second kappa shape index (κ2) is 7.03. The summed E-state index contributed by atoms with van der Waals surface area (Å²) in [6, 6.07) is 5.17. The Balaban J connectivity index is 1.46. The molecule has 144 valence electrons. The van der Waals surface area contributed by atoms with E-state index in [1.54, 1.807) is 4.90 Å². The molecular weight excluding hydrogens is 348 g/mol. The highest BCUT2D eigenvalue weighted by molar-refractivity contribution is 6.05. The standard InChI is InChI=1S/C19H24N4O4/c20-10-19(5-6-27-11-19)21-8-12-1-2-14-13(7-12)9-23(18(14)26)15-3-4-16(24)22-17(15)25/h1-2,7,15,21H,3-6,8-11,20H2,(H,22,24,25). The molecule has 3 aliphatic heterocycles. The van der Waals surface area contributed by atoms with E-state index in [1.165, 1.54) is 0 Å². The number of rotatable bonds is 5. The van der Waals surface area contributed by atoms with Crippen LogP contribution >= 0.6 is 0 Å². The first-order chi connectivity index (χ1) is 13.0. The number of nitrogens with zero attached hydrogens (tertiary/aromatic N) is 1. The van der Waals surface area contributed by atoms with E-state index >= 15 is 0 Å². The van der Waals surface area contributed by atoms with Crippen LogP contribution in [0.3, 0.4) is 0 Å². The number of fused-ring (bicyclic) bond motifs is 1. The van der Waals surface area contributed by atoms with Gasteiger partial charge in [0.25, 0.3) is 5.91 Å². The van der Waals surface area contributed by atoms with E-state index in [-0.39, 0.29) is 29.7 Å². The van der Waals surface area contributed by atoms with Crippen LogP contribution in [-0.2, 0) is 27.4 Å². The van der Waals surface area contributed by atoms with Crippen molar-refractivity contribution in [3.63, 3.8) is 0 Å². The van der Waals surface area contributed by atoms with Gasteiger partial charge in [0.1, 0.15) is 6.04 Å². The molecule has 27 heavy (non-hydrogen) atoms. The van der Waals surface area contributed by atoms with Crippen LogP contribution in [0.5, 0.6) is 0 Å². The van der Waals surface area contributed by atoms with Gasteiger partial charge in [0.2, 0.25) is 11.8 Å². The molecule has 0 saturated carbocycles. The number of nitrogens with one attached hydrogen (secondary N) is 2. The highest BCUT2D eigenvalue weighted by Crippen LogP contribution is 2.28. The summed E-state index contributed by atoms with van der Waals surface area (Å²) in [4.78, 5) is 37.7. The lowest BCUT2D eigenvalue weighted by atomic mass is 9.98. The molecule has 3 aliphatic rings.